The topological polar surface area (TPSA) is 74.9 Å². The summed E-state index contributed by atoms with van der Waals surface area (Å²) in [7, 11) is 2.09. The van der Waals surface area contributed by atoms with Gasteiger partial charge < -0.3 is 4.90 Å². The predicted molar refractivity (Wildman–Crippen MR) is 85.1 cm³/mol. The zero-order valence-corrected chi connectivity index (χ0v) is 12.3. The molecule has 0 amide bonds. The van der Waals surface area contributed by atoms with Gasteiger partial charge in [-0.3, -0.25) is 20.1 Å². The number of benzene rings is 1. The van der Waals surface area contributed by atoms with Gasteiger partial charge in [0.05, 0.1) is 22.2 Å². The monoisotopic (exact) mass is 299 g/mol. The van der Waals surface area contributed by atoms with Crippen molar-refractivity contribution in [3.8, 4) is 0 Å². The summed E-state index contributed by atoms with van der Waals surface area (Å²) in [6.45, 7) is 3.70. The first-order chi connectivity index (χ1) is 10.6. The van der Waals surface area contributed by atoms with Crippen LogP contribution in [0.4, 0.5) is 5.69 Å². The molecule has 0 radical (unpaired) electrons. The molecule has 1 aromatic carbocycles. The molecule has 0 aliphatic carbocycles. The quantitative estimate of drug-likeness (QED) is 0.490. The molecule has 0 spiro atoms. The Bertz CT molecular complexity index is 723. The Kier molecular flexibility index (Phi) is 3.97. The van der Waals surface area contributed by atoms with Crippen LogP contribution in [0.25, 0.3) is 10.8 Å². The van der Waals surface area contributed by atoms with E-state index in [0.717, 1.165) is 31.6 Å². The second-order valence-corrected chi connectivity index (χ2v) is 5.33. The highest BCUT2D eigenvalue weighted by molar-refractivity contribution is 6.01. The lowest BCUT2D eigenvalue weighted by molar-refractivity contribution is -0.383. The van der Waals surface area contributed by atoms with Crippen molar-refractivity contribution in [3.05, 3.63) is 46.3 Å². The van der Waals surface area contributed by atoms with Crippen LogP contribution < -0.4 is 0 Å². The van der Waals surface area contributed by atoms with Crippen molar-refractivity contribution in [3.63, 3.8) is 0 Å². The molecule has 1 aliphatic rings. The van der Waals surface area contributed by atoms with E-state index in [-0.39, 0.29) is 10.6 Å². The Morgan fingerprint density at radius 2 is 2.00 bits per heavy atom. The summed E-state index contributed by atoms with van der Waals surface area (Å²) in [5.41, 5.74) is 0.745. The summed E-state index contributed by atoms with van der Waals surface area (Å²) in [6.07, 6.45) is 3.28. The maximum atomic E-state index is 11.1. The van der Waals surface area contributed by atoms with Crippen molar-refractivity contribution in [2.75, 3.05) is 33.2 Å². The molecule has 7 heteroatoms. The van der Waals surface area contributed by atoms with E-state index in [1.807, 2.05) is 11.1 Å². The van der Waals surface area contributed by atoms with Crippen LogP contribution in [0.1, 0.15) is 5.69 Å². The van der Waals surface area contributed by atoms with Crippen LogP contribution >= 0.6 is 0 Å². The molecule has 1 aliphatic heterocycles. The van der Waals surface area contributed by atoms with Crippen molar-refractivity contribution in [2.45, 2.75) is 0 Å². The molecule has 3 rings (SSSR count). The predicted octanol–water partition coefficient (Wildman–Crippen LogP) is 1.72. The minimum atomic E-state index is -0.371. The Balaban J connectivity index is 1.91. The summed E-state index contributed by atoms with van der Waals surface area (Å²) in [6, 6.07) is 6.68. The Hall–Kier alpha value is -2.54. The molecule has 0 N–H and O–H groups in total. The Morgan fingerprint density at radius 3 is 2.73 bits per heavy atom. The van der Waals surface area contributed by atoms with Crippen molar-refractivity contribution in [1.29, 1.82) is 0 Å². The SMILES string of the molecule is CN1CCN(/N=C/c2nccc3c([N+](=O)[O-])cccc23)CC1. The fourth-order valence-electron chi connectivity index (χ4n) is 2.52. The molecule has 2 heterocycles. The molecule has 0 atom stereocenters. The molecule has 1 aromatic heterocycles. The molecule has 1 fully saturated rings. The van der Waals surface area contributed by atoms with Crippen LogP contribution in [0.3, 0.4) is 0 Å². The summed E-state index contributed by atoms with van der Waals surface area (Å²) < 4.78 is 0. The van der Waals surface area contributed by atoms with E-state index >= 15 is 0 Å². The van der Waals surface area contributed by atoms with Crippen LogP contribution in [-0.4, -0.2) is 59.3 Å². The maximum absolute atomic E-state index is 11.1. The third-order valence-corrected chi connectivity index (χ3v) is 3.83. The van der Waals surface area contributed by atoms with Gasteiger partial charge in [0.15, 0.2) is 0 Å². The van der Waals surface area contributed by atoms with E-state index in [1.165, 1.54) is 6.07 Å². The standard InChI is InChI=1S/C15H17N5O2/c1-18-7-9-19(10-8-18)17-11-14-12-3-2-4-15(20(21)22)13(12)5-6-16-14/h2-6,11H,7-10H2,1H3/b17-11+. The molecule has 1 saturated heterocycles. The molecule has 2 aromatic rings. The number of rotatable bonds is 3. The van der Waals surface area contributed by atoms with E-state index < -0.39 is 0 Å². The number of nitrogens with zero attached hydrogens (tertiary/aromatic N) is 5. The molecular weight excluding hydrogens is 282 g/mol. The molecule has 0 bridgehead atoms. The van der Waals surface area contributed by atoms with Crippen LogP contribution in [-0.2, 0) is 0 Å². The third-order valence-electron chi connectivity index (χ3n) is 3.83. The van der Waals surface area contributed by atoms with Crippen molar-refractivity contribution in [1.82, 2.24) is 14.9 Å². The lowest BCUT2D eigenvalue weighted by Crippen LogP contribution is -2.41. The van der Waals surface area contributed by atoms with Gasteiger partial charge in [-0.1, -0.05) is 12.1 Å². The Labute approximate surface area is 128 Å². The van der Waals surface area contributed by atoms with Gasteiger partial charge in [0.2, 0.25) is 0 Å². The highest BCUT2D eigenvalue weighted by Gasteiger charge is 2.14. The maximum Gasteiger partial charge on any atom is 0.277 e. The molecule has 22 heavy (non-hydrogen) atoms. The first-order valence-electron chi connectivity index (χ1n) is 7.15. The lowest BCUT2D eigenvalue weighted by Gasteiger charge is -2.30. The lowest BCUT2D eigenvalue weighted by atomic mass is 10.1. The zero-order chi connectivity index (χ0) is 15.5. The smallest absolute Gasteiger partial charge is 0.277 e. The number of pyridine rings is 1. The van der Waals surface area contributed by atoms with Gasteiger partial charge in [-0.25, -0.2) is 0 Å². The number of fused-ring (bicyclic) bond motifs is 1. The van der Waals surface area contributed by atoms with Crippen molar-refractivity contribution < 1.29 is 4.92 Å². The average Bonchev–Trinajstić information content (AvgIpc) is 2.53. The Morgan fingerprint density at radius 1 is 1.23 bits per heavy atom. The summed E-state index contributed by atoms with van der Waals surface area (Å²) in [5.74, 6) is 0. The number of nitro groups is 1. The number of likely N-dealkylation sites (N-methyl/N-ethyl adjacent to an activating group) is 1. The fraction of sp³-hybridized carbons (Fsp3) is 0.333. The van der Waals surface area contributed by atoms with E-state index in [1.54, 1.807) is 24.5 Å². The van der Waals surface area contributed by atoms with Gasteiger partial charge in [0, 0.05) is 43.8 Å². The number of piperazine rings is 1. The number of nitro benzene ring substituents is 1. The van der Waals surface area contributed by atoms with Gasteiger partial charge in [0.25, 0.3) is 5.69 Å². The minimum absolute atomic E-state index is 0.0918. The van der Waals surface area contributed by atoms with Crippen LogP contribution in [0.15, 0.2) is 35.6 Å². The van der Waals surface area contributed by atoms with Gasteiger partial charge in [-0.15, -0.1) is 0 Å². The fourth-order valence-corrected chi connectivity index (χ4v) is 2.52. The molecule has 0 saturated carbocycles. The molecule has 7 nitrogen and oxygen atoms in total. The second-order valence-electron chi connectivity index (χ2n) is 5.33. The minimum Gasteiger partial charge on any atom is -0.303 e. The second kappa shape index (κ2) is 6.07. The first-order valence-corrected chi connectivity index (χ1v) is 7.15. The number of hydrogen-bond donors (Lipinski definition) is 0. The van der Waals surface area contributed by atoms with Gasteiger partial charge in [0.1, 0.15) is 0 Å². The largest absolute Gasteiger partial charge is 0.303 e. The zero-order valence-electron chi connectivity index (χ0n) is 12.3. The van der Waals surface area contributed by atoms with Gasteiger partial charge >= 0.3 is 0 Å². The van der Waals surface area contributed by atoms with E-state index in [0.29, 0.717) is 11.1 Å². The van der Waals surface area contributed by atoms with Crippen LogP contribution in [0.2, 0.25) is 0 Å². The number of hydrazone groups is 1. The third kappa shape index (κ3) is 2.89. The normalized spacial score (nSPS) is 16.5. The summed E-state index contributed by atoms with van der Waals surface area (Å²) >= 11 is 0. The number of hydrogen-bond acceptors (Lipinski definition) is 6. The summed E-state index contributed by atoms with van der Waals surface area (Å²) in [4.78, 5) is 17.3. The molecule has 114 valence electrons. The molecule has 0 unspecified atom stereocenters. The number of aromatic nitrogens is 1. The number of non-ortho nitro benzene ring substituents is 1. The highest BCUT2D eigenvalue weighted by atomic mass is 16.6. The van der Waals surface area contributed by atoms with Crippen molar-refractivity contribution in [2.24, 2.45) is 5.10 Å². The highest BCUT2D eigenvalue weighted by Crippen LogP contribution is 2.25. The summed E-state index contributed by atoms with van der Waals surface area (Å²) in [5, 5.41) is 18.9. The van der Waals surface area contributed by atoms with Crippen LogP contribution in [0.5, 0.6) is 0 Å². The first kappa shape index (κ1) is 14.4. The van der Waals surface area contributed by atoms with Gasteiger partial charge in [-0.05, 0) is 13.1 Å². The van der Waals surface area contributed by atoms with E-state index in [4.69, 9.17) is 0 Å². The van der Waals surface area contributed by atoms with Crippen molar-refractivity contribution >= 4 is 22.7 Å². The average molecular weight is 299 g/mol. The van der Waals surface area contributed by atoms with E-state index in [9.17, 15) is 10.1 Å². The van der Waals surface area contributed by atoms with E-state index in [2.05, 4.69) is 22.0 Å². The van der Waals surface area contributed by atoms with Crippen LogP contribution in [0, 0.1) is 10.1 Å². The molecular formula is C15H17N5O2. The van der Waals surface area contributed by atoms with Gasteiger partial charge in [-0.2, -0.15) is 5.10 Å².